The van der Waals surface area contributed by atoms with Crippen molar-refractivity contribution >= 4 is 22.7 Å². The largest absolute Gasteiger partial charge is 0.356 e. The lowest BCUT2D eigenvalue weighted by molar-refractivity contribution is -0.134. The van der Waals surface area contributed by atoms with Gasteiger partial charge in [0.05, 0.1) is 11.4 Å². The summed E-state index contributed by atoms with van der Waals surface area (Å²) in [5.41, 5.74) is 2.62. The number of likely N-dealkylation sites (N-methyl/N-ethyl adjacent to an activating group) is 1. The number of piperidine rings is 2. The molecule has 5 rings (SSSR count). The molecule has 28 heavy (non-hydrogen) atoms. The average Bonchev–Trinajstić information content (AvgIpc) is 3.33. The number of carbonyl (C=O) groups excluding carboxylic acids is 2. The molecule has 6 nitrogen and oxygen atoms in total. The number of likely N-dealkylation sites (tertiary alicyclic amines) is 1. The highest BCUT2D eigenvalue weighted by molar-refractivity contribution is 6.01. The fourth-order valence-corrected chi connectivity index (χ4v) is 5.04. The zero-order valence-corrected chi connectivity index (χ0v) is 16.3. The Morgan fingerprint density at radius 3 is 2.93 bits per heavy atom. The lowest BCUT2D eigenvalue weighted by Crippen LogP contribution is -2.43. The lowest BCUT2D eigenvalue weighted by atomic mass is 9.81. The maximum absolute atomic E-state index is 12.2. The van der Waals surface area contributed by atoms with Gasteiger partial charge in [0.2, 0.25) is 11.8 Å². The van der Waals surface area contributed by atoms with Gasteiger partial charge in [-0.15, -0.1) is 0 Å². The topological polar surface area (TPSA) is 74.8 Å². The molecular formula is C22H25N3O3. The molecule has 3 aliphatic heterocycles. The molecule has 4 heterocycles. The first kappa shape index (κ1) is 17.8. The number of hydrogen-bond donors (Lipinski definition) is 1. The van der Waals surface area contributed by atoms with Crippen molar-refractivity contribution in [3.05, 3.63) is 41.6 Å². The molecule has 3 atom stereocenters. The molecule has 146 valence electrons. The minimum Gasteiger partial charge on any atom is -0.356 e. The fraction of sp³-hybridized carbons (Fsp3) is 0.500. The van der Waals surface area contributed by atoms with Gasteiger partial charge in [-0.2, -0.15) is 0 Å². The van der Waals surface area contributed by atoms with Crippen molar-refractivity contribution in [2.75, 3.05) is 19.6 Å². The predicted octanol–water partition coefficient (Wildman–Crippen LogP) is 2.46. The second-order valence-corrected chi connectivity index (χ2v) is 8.46. The summed E-state index contributed by atoms with van der Waals surface area (Å²) in [7, 11) is 0. The van der Waals surface area contributed by atoms with E-state index in [1.54, 1.807) is 6.20 Å². The average molecular weight is 379 g/mol. The Morgan fingerprint density at radius 1 is 1.32 bits per heavy atom. The molecule has 0 radical (unpaired) electrons. The Bertz CT molecular complexity index is 990. The maximum Gasteiger partial charge on any atom is 0.234 e. The highest BCUT2D eigenvalue weighted by atomic mass is 16.6. The quantitative estimate of drug-likeness (QED) is 0.655. The molecule has 1 aromatic heterocycles. The van der Waals surface area contributed by atoms with E-state index < -0.39 is 0 Å². The van der Waals surface area contributed by atoms with Gasteiger partial charge >= 0.3 is 0 Å². The number of fused-ring (bicyclic) bond motifs is 2. The van der Waals surface area contributed by atoms with Crippen molar-refractivity contribution in [3.8, 4) is 0 Å². The Balaban J connectivity index is 1.48. The number of hydrogen-bond acceptors (Lipinski definition) is 5. The van der Waals surface area contributed by atoms with Crippen LogP contribution in [0.15, 0.2) is 30.5 Å². The van der Waals surface area contributed by atoms with Crippen LogP contribution in [-0.4, -0.2) is 46.9 Å². The van der Waals surface area contributed by atoms with Crippen LogP contribution in [0.1, 0.15) is 50.2 Å². The van der Waals surface area contributed by atoms with Gasteiger partial charge in [-0.25, -0.2) is 0 Å². The predicted molar refractivity (Wildman–Crippen MR) is 105 cm³/mol. The zero-order chi connectivity index (χ0) is 19.5. The van der Waals surface area contributed by atoms with Crippen molar-refractivity contribution in [2.24, 2.45) is 0 Å². The van der Waals surface area contributed by atoms with Crippen LogP contribution in [0.5, 0.6) is 0 Å². The highest BCUT2D eigenvalue weighted by Crippen LogP contribution is 2.60. The van der Waals surface area contributed by atoms with Crippen molar-refractivity contribution < 1.29 is 14.3 Å². The molecule has 6 heteroatoms. The fourth-order valence-electron chi connectivity index (χ4n) is 5.04. The molecule has 3 aliphatic rings. The molecule has 0 aliphatic carbocycles. The monoisotopic (exact) mass is 379 g/mol. The summed E-state index contributed by atoms with van der Waals surface area (Å²) in [5, 5.41) is 3.45. The molecule has 0 saturated carbocycles. The molecule has 3 saturated heterocycles. The van der Waals surface area contributed by atoms with Crippen LogP contribution in [0.25, 0.3) is 10.9 Å². The van der Waals surface area contributed by atoms with E-state index in [0.717, 1.165) is 42.5 Å². The summed E-state index contributed by atoms with van der Waals surface area (Å²) in [6.45, 7) is 7.44. The Kier molecular flexibility index (Phi) is 3.87. The number of pyridine rings is 1. The van der Waals surface area contributed by atoms with E-state index in [9.17, 15) is 9.59 Å². The number of carbonyl (C=O) groups is 2. The Hall–Kier alpha value is -2.31. The van der Waals surface area contributed by atoms with E-state index in [1.165, 1.54) is 5.56 Å². The van der Waals surface area contributed by atoms with Gasteiger partial charge in [-0.05, 0) is 55.6 Å². The van der Waals surface area contributed by atoms with Gasteiger partial charge in [0.25, 0.3) is 0 Å². The van der Waals surface area contributed by atoms with Crippen LogP contribution in [-0.2, 0) is 19.9 Å². The minimum absolute atomic E-state index is 0.135. The molecule has 2 aromatic rings. The first-order valence-electron chi connectivity index (χ1n) is 10.1. The molecule has 0 bridgehead atoms. The van der Waals surface area contributed by atoms with Gasteiger partial charge in [-0.1, -0.05) is 13.0 Å². The standard InChI is InChI=1S/C22H25N3O3/c1-3-25-9-8-22(21(2,13-25)28-22)16-4-6-18-14(11-16)10-15(12-23-18)17-5-7-19(26)24-20(17)27/h4,6,10-12,17H,3,5,7-9,13H2,1-2H3,(H,24,26,27). The number of nitrogens with one attached hydrogen (secondary N) is 1. The third kappa shape index (κ3) is 2.58. The van der Waals surface area contributed by atoms with Crippen LogP contribution in [0.4, 0.5) is 0 Å². The molecular weight excluding hydrogens is 354 g/mol. The summed E-state index contributed by atoms with van der Waals surface area (Å²) >= 11 is 0. The van der Waals surface area contributed by atoms with Gasteiger partial charge in [0.15, 0.2) is 0 Å². The van der Waals surface area contributed by atoms with E-state index in [4.69, 9.17) is 4.74 Å². The van der Waals surface area contributed by atoms with Crippen LogP contribution in [0.3, 0.4) is 0 Å². The molecule has 0 spiro atoms. The van der Waals surface area contributed by atoms with E-state index in [-0.39, 0.29) is 28.9 Å². The van der Waals surface area contributed by atoms with Crippen molar-refractivity contribution in [3.63, 3.8) is 0 Å². The van der Waals surface area contributed by atoms with Crippen LogP contribution in [0.2, 0.25) is 0 Å². The number of aromatic nitrogens is 1. The number of rotatable bonds is 3. The number of benzene rings is 1. The van der Waals surface area contributed by atoms with Crippen molar-refractivity contribution in [1.29, 1.82) is 0 Å². The minimum atomic E-state index is -0.313. The van der Waals surface area contributed by atoms with E-state index in [0.29, 0.717) is 12.8 Å². The summed E-state index contributed by atoms with van der Waals surface area (Å²) in [6, 6.07) is 8.39. The Labute approximate surface area is 164 Å². The normalized spacial score (nSPS) is 32.9. The van der Waals surface area contributed by atoms with Crippen LogP contribution < -0.4 is 5.32 Å². The molecule has 3 fully saturated rings. The van der Waals surface area contributed by atoms with Gasteiger partial charge < -0.3 is 9.64 Å². The second-order valence-electron chi connectivity index (χ2n) is 8.46. The first-order valence-corrected chi connectivity index (χ1v) is 10.1. The van der Waals surface area contributed by atoms with E-state index >= 15 is 0 Å². The van der Waals surface area contributed by atoms with E-state index in [1.807, 2.05) is 12.1 Å². The van der Waals surface area contributed by atoms with Crippen molar-refractivity contribution in [2.45, 2.75) is 50.2 Å². The Morgan fingerprint density at radius 2 is 2.18 bits per heavy atom. The summed E-state index contributed by atoms with van der Waals surface area (Å²) in [4.78, 5) is 30.7. The van der Waals surface area contributed by atoms with Crippen LogP contribution in [0, 0.1) is 0 Å². The summed E-state index contributed by atoms with van der Waals surface area (Å²) in [6.07, 6.45) is 3.66. The van der Waals surface area contributed by atoms with E-state index in [2.05, 4.69) is 41.2 Å². The lowest BCUT2D eigenvalue weighted by Gasteiger charge is -2.31. The third-order valence-corrected chi connectivity index (χ3v) is 6.77. The maximum atomic E-state index is 12.2. The highest BCUT2D eigenvalue weighted by Gasteiger charge is 2.69. The number of amides is 2. The van der Waals surface area contributed by atoms with Crippen LogP contribution >= 0.6 is 0 Å². The summed E-state index contributed by atoms with van der Waals surface area (Å²) < 4.78 is 6.33. The third-order valence-electron chi connectivity index (χ3n) is 6.77. The van der Waals surface area contributed by atoms with Gasteiger partial charge in [0, 0.05) is 31.1 Å². The first-order chi connectivity index (χ1) is 13.4. The second kappa shape index (κ2) is 6.09. The number of nitrogens with zero attached hydrogens (tertiary/aromatic N) is 2. The molecule has 1 N–H and O–H groups in total. The SMILES string of the molecule is CCN1CCC2(c3ccc4ncc(C5CCC(=O)NC5=O)cc4c3)OC2(C)C1. The number of ether oxygens (including phenoxy) is 1. The number of epoxide rings is 1. The zero-order valence-electron chi connectivity index (χ0n) is 16.3. The van der Waals surface area contributed by atoms with Gasteiger partial charge in [-0.3, -0.25) is 19.9 Å². The summed E-state index contributed by atoms with van der Waals surface area (Å²) in [5.74, 6) is -0.733. The molecule has 2 amide bonds. The molecule has 3 unspecified atom stereocenters. The number of imide groups is 1. The smallest absolute Gasteiger partial charge is 0.234 e. The molecule has 1 aromatic carbocycles. The van der Waals surface area contributed by atoms with Crippen molar-refractivity contribution in [1.82, 2.24) is 15.2 Å². The van der Waals surface area contributed by atoms with Gasteiger partial charge in [0.1, 0.15) is 11.2 Å².